The molecule has 0 unspecified atom stereocenters. The van der Waals surface area contributed by atoms with Gasteiger partial charge in [0.05, 0.1) is 21.5 Å². The highest BCUT2D eigenvalue weighted by molar-refractivity contribution is 7.18. The van der Waals surface area contributed by atoms with Gasteiger partial charge in [-0.2, -0.15) is 0 Å². The summed E-state index contributed by atoms with van der Waals surface area (Å²) in [5.74, 6) is 0.858. The van der Waals surface area contributed by atoms with E-state index in [2.05, 4.69) is 32.5 Å². The molecule has 0 saturated carbocycles. The molecule has 0 spiro atoms. The molecular weight excluding hydrogens is 420 g/mol. The van der Waals surface area contributed by atoms with Crippen molar-refractivity contribution < 1.29 is 4.79 Å². The summed E-state index contributed by atoms with van der Waals surface area (Å²) < 4.78 is 0.709. The van der Waals surface area contributed by atoms with Crippen LogP contribution >= 0.6 is 11.3 Å². The summed E-state index contributed by atoms with van der Waals surface area (Å²) in [4.78, 5) is 25.9. The highest BCUT2D eigenvalue weighted by Gasteiger charge is 2.18. The molecule has 1 amide bonds. The summed E-state index contributed by atoms with van der Waals surface area (Å²) in [6.45, 7) is 4.02. The highest BCUT2D eigenvalue weighted by Crippen LogP contribution is 2.33. The number of amides is 1. The van der Waals surface area contributed by atoms with Gasteiger partial charge in [-0.1, -0.05) is 29.8 Å². The predicted molar refractivity (Wildman–Crippen MR) is 131 cm³/mol. The van der Waals surface area contributed by atoms with Crippen LogP contribution in [0.2, 0.25) is 0 Å². The molecule has 7 nitrogen and oxygen atoms in total. The van der Waals surface area contributed by atoms with Gasteiger partial charge in [0.25, 0.3) is 5.91 Å². The number of nitrogen functional groups attached to an aromatic ring is 1. The Kier molecular flexibility index (Phi) is 4.91. The van der Waals surface area contributed by atoms with Gasteiger partial charge in [-0.05, 0) is 37.6 Å². The van der Waals surface area contributed by atoms with Crippen molar-refractivity contribution in [3.05, 3.63) is 77.1 Å². The minimum Gasteiger partial charge on any atom is -0.382 e. The average molecular weight is 441 g/mol. The summed E-state index contributed by atoms with van der Waals surface area (Å²) in [7, 11) is 0. The third-order valence-corrected chi connectivity index (χ3v) is 6.32. The van der Waals surface area contributed by atoms with E-state index in [9.17, 15) is 4.79 Å². The molecule has 4 N–H and O–H groups in total. The zero-order valence-electron chi connectivity index (χ0n) is 17.5. The SMILES string of the molecule is Cc1ccc(Nc2nccc3c(NC(=O)c4csc5c(N)ncnc45)c(C)ccc23)cc1. The van der Waals surface area contributed by atoms with Gasteiger partial charge >= 0.3 is 0 Å². The van der Waals surface area contributed by atoms with E-state index in [1.807, 2.05) is 49.4 Å². The maximum Gasteiger partial charge on any atom is 0.258 e. The van der Waals surface area contributed by atoms with Crippen LogP contribution in [-0.2, 0) is 0 Å². The van der Waals surface area contributed by atoms with Gasteiger partial charge < -0.3 is 16.4 Å². The van der Waals surface area contributed by atoms with E-state index >= 15 is 0 Å². The molecule has 2 aromatic carbocycles. The fourth-order valence-electron chi connectivity index (χ4n) is 3.61. The Hall–Kier alpha value is -4.04. The third-order valence-electron chi connectivity index (χ3n) is 5.33. The molecule has 158 valence electrons. The first kappa shape index (κ1) is 19.9. The van der Waals surface area contributed by atoms with Crippen molar-refractivity contribution in [2.45, 2.75) is 13.8 Å². The Morgan fingerprint density at radius 2 is 1.78 bits per heavy atom. The van der Waals surface area contributed by atoms with Gasteiger partial charge in [-0.15, -0.1) is 11.3 Å². The summed E-state index contributed by atoms with van der Waals surface area (Å²) in [5.41, 5.74) is 10.8. The normalized spacial score (nSPS) is 11.1. The molecule has 32 heavy (non-hydrogen) atoms. The monoisotopic (exact) mass is 440 g/mol. The number of anilines is 4. The third kappa shape index (κ3) is 3.50. The van der Waals surface area contributed by atoms with Crippen LogP contribution < -0.4 is 16.4 Å². The number of hydrogen-bond donors (Lipinski definition) is 3. The number of carbonyl (C=O) groups is 1. The first-order chi connectivity index (χ1) is 15.5. The molecule has 0 fully saturated rings. The van der Waals surface area contributed by atoms with Crippen LogP contribution in [0.4, 0.5) is 23.0 Å². The van der Waals surface area contributed by atoms with E-state index in [1.54, 1.807) is 11.6 Å². The van der Waals surface area contributed by atoms with Gasteiger partial charge in [0.15, 0.2) is 0 Å². The summed E-state index contributed by atoms with van der Waals surface area (Å²) in [5, 5.41) is 10.0. The maximum absolute atomic E-state index is 13.2. The number of hydrogen-bond acceptors (Lipinski definition) is 7. The molecule has 5 aromatic rings. The molecule has 0 atom stereocenters. The van der Waals surface area contributed by atoms with Crippen LogP contribution in [0.1, 0.15) is 21.5 Å². The van der Waals surface area contributed by atoms with Crippen molar-refractivity contribution in [1.82, 2.24) is 15.0 Å². The maximum atomic E-state index is 13.2. The zero-order chi connectivity index (χ0) is 22.2. The summed E-state index contributed by atoms with van der Waals surface area (Å²) in [6.07, 6.45) is 3.11. The second kappa shape index (κ2) is 7.90. The van der Waals surface area contributed by atoms with Crippen molar-refractivity contribution in [2.75, 3.05) is 16.4 Å². The first-order valence-electron chi connectivity index (χ1n) is 10.0. The lowest BCUT2D eigenvalue weighted by Gasteiger charge is -2.14. The fourth-order valence-corrected chi connectivity index (χ4v) is 4.52. The van der Waals surface area contributed by atoms with E-state index < -0.39 is 0 Å². The number of carbonyl (C=O) groups excluding carboxylic acids is 1. The molecule has 0 aliphatic carbocycles. The predicted octanol–water partition coefficient (Wildman–Crippen LogP) is 5.43. The van der Waals surface area contributed by atoms with Gasteiger partial charge in [-0.3, -0.25) is 4.79 Å². The van der Waals surface area contributed by atoms with Gasteiger partial charge in [0, 0.05) is 28.0 Å². The number of thiophene rings is 1. The van der Waals surface area contributed by atoms with Gasteiger partial charge in [0.2, 0.25) is 0 Å². The smallest absolute Gasteiger partial charge is 0.258 e. The molecule has 0 saturated heterocycles. The minimum absolute atomic E-state index is 0.241. The molecule has 0 aliphatic heterocycles. The standard InChI is InChI=1S/C24H20N6OS/c1-13-3-6-15(7-4-13)29-23-17-8-5-14(2)19(16(17)9-10-26-23)30-24(31)18-11-32-21-20(18)27-12-28-22(21)25/h3-12H,1-2H3,(H,26,29)(H,30,31)(H2,25,27,28). The lowest BCUT2D eigenvalue weighted by atomic mass is 10.0. The molecule has 5 rings (SSSR count). The number of fused-ring (bicyclic) bond motifs is 2. The molecule has 0 aliphatic rings. The topological polar surface area (TPSA) is 106 Å². The minimum atomic E-state index is -0.241. The van der Waals surface area contributed by atoms with E-state index in [1.165, 1.54) is 23.2 Å². The number of rotatable bonds is 4. The number of nitrogens with one attached hydrogen (secondary N) is 2. The molecule has 3 aromatic heterocycles. The lowest BCUT2D eigenvalue weighted by Crippen LogP contribution is -2.13. The Morgan fingerprint density at radius 1 is 0.969 bits per heavy atom. The molecular formula is C24H20N6OS. The van der Waals surface area contributed by atoms with Crippen molar-refractivity contribution >= 4 is 61.2 Å². The lowest BCUT2D eigenvalue weighted by molar-refractivity contribution is 0.102. The number of benzene rings is 2. The van der Waals surface area contributed by atoms with Crippen LogP contribution in [0.5, 0.6) is 0 Å². The van der Waals surface area contributed by atoms with Crippen LogP contribution in [0, 0.1) is 13.8 Å². The van der Waals surface area contributed by atoms with E-state index in [0.717, 1.165) is 33.5 Å². The van der Waals surface area contributed by atoms with Crippen LogP contribution in [0.15, 0.2) is 60.4 Å². The van der Waals surface area contributed by atoms with Gasteiger partial charge in [-0.25, -0.2) is 15.0 Å². The number of nitrogens with zero attached hydrogens (tertiary/aromatic N) is 3. The van der Waals surface area contributed by atoms with Gasteiger partial charge in [0.1, 0.15) is 18.0 Å². The summed E-state index contributed by atoms with van der Waals surface area (Å²) in [6, 6.07) is 14.0. The van der Waals surface area contributed by atoms with E-state index in [0.29, 0.717) is 21.6 Å². The molecule has 0 bridgehead atoms. The quantitative estimate of drug-likeness (QED) is 0.344. The average Bonchev–Trinajstić information content (AvgIpc) is 3.23. The fraction of sp³-hybridized carbons (Fsp3) is 0.0833. The Morgan fingerprint density at radius 3 is 2.59 bits per heavy atom. The van der Waals surface area contributed by atoms with Crippen LogP contribution in [0.3, 0.4) is 0 Å². The van der Waals surface area contributed by atoms with E-state index in [-0.39, 0.29) is 5.91 Å². The van der Waals surface area contributed by atoms with Crippen LogP contribution in [0.25, 0.3) is 21.0 Å². The van der Waals surface area contributed by atoms with E-state index in [4.69, 9.17) is 5.73 Å². The van der Waals surface area contributed by atoms with Crippen molar-refractivity contribution in [2.24, 2.45) is 0 Å². The zero-order valence-corrected chi connectivity index (χ0v) is 18.3. The Bertz CT molecular complexity index is 1480. The van der Waals surface area contributed by atoms with Crippen molar-refractivity contribution in [3.63, 3.8) is 0 Å². The van der Waals surface area contributed by atoms with Crippen molar-refractivity contribution in [3.8, 4) is 0 Å². The first-order valence-corrected chi connectivity index (χ1v) is 10.9. The Labute approximate surface area is 188 Å². The summed E-state index contributed by atoms with van der Waals surface area (Å²) >= 11 is 1.36. The Balaban J connectivity index is 1.53. The van der Waals surface area contributed by atoms with Crippen molar-refractivity contribution in [1.29, 1.82) is 0 Å². The highest BCUT2D eigenvalue weighted by atomic mass is 32.1. The molecule has 0 radical (unpaired) electrons. The second-order valence-electron chi connectivity index (χ2n) is 7.54. The number of pyridine rings is 1. The second-order valence-corrected chi connectivity index (χ2v) is 8.42. The largest absolute Gasteiger partial charge is 0.382 e. The number of nitrogens with two attached hydrogens (primary N) is 1. The molecule has 8 heteroatoms. The number of aryl methyl sites for hydroxylation is 2. The van der Waals surface area contributed by atoms with Crippen LogP contribution in [-0.4, -0.2) is 20.9 Å². The number of aromatic nitrogens is 3. The molecule has 3 heterocycles.